The van der Waals surface area contributed by atoms with E-state index in [1.807, 2.05) is 57.4 Å². The van der Waals surface area contributed by atoms with Crippen molar-refractivity contribution in [1.29, 1.82) is 0 Å². The fourth-order valence-corrected chi connectivity index (χ4v) is 4.07. The van der Waals surface area contributed by atoms with Crippen molar-refractivity contribution in [3.05, 3.63) is 106 Å². The summed E-state index contributed by atoms with van der Waals surface area (Å²) in [5.74, 6) is -0.648. The molecule has 0 saturated carbocycles. The number of aryl methyl sites for hydroxylation is 3. The molecule has 0 radical (unpaired) electrons. The van der Waals surface area contributed by atoms with Crippen LogP contribution in [0.1, 0.15) is 55.5 Å². The number of ether oxygens (including phenoxy) is 1. The Morgan fingerprint density at radius 2 is 1.46 bits per heavy atom. The number of hydrogen-bond donors (Lipinski definition) is 1. The van der Waals surface area contributed by atoms with E-state index in [0.717, 1.165) is 16.7 Å². The molecule has 0 fully saturated rings. The maximum absolute atomic E-state index is 13.4. The summed E-state index contributed by atoms with van der Waals surface area (Å²) in [6.45, 7) is 5.80. The lowest BCUT2D eigenvalue weighted by Gasteiger charge is -2.22. The summed E-state index contributed by atoms with van der Waals surface area (Å²) in [4.78, 5) is 39.6. The van der Waals surface area contributed by atoms with Crippen molar-refractivity contribution < 1.29 is 19.1 Å². The molecule has 0 unspecified atom stereocenters. The molecule has 0 bridgehead atoms. The van der Waals surface area contributed by atoms with E-state index >= 15 is 0 Å². The molecule has 182 valence electrons. The number of nitrogens with one attached hydrogen (secondary N) is 1. The number of hydrogen-bond acceptors (Lipinski definition) is 5. The van der Waals surface area contributed by atoms with Crippen LogP contribution in [-0.2, 0) is 9.53 Å². The molecule has 0 aromatic heterocycles. The standard InChI is InChI=1S/C29H31NO4S/c1-19-8-12-22(13-9-19)26(31)27(23-14-10-20(2)11-15-23)34-29(33)25(16-17-35-4)30-28(32)24-7-5-6-21(3)18-24/h5-15,18,25,27H,16-17H2,1-4H3,(H,30,32)/t25-,27+/m0/s1. The number of ketones is 1. The SMILES string of the molecule is CSCC[C@H](NC(=O)c1cccc(C)c1)C(=O)O[C@@H](C(=O)c1ccc(C)cc1)c1ccc(C)cc1. The highest BCUT2D eigenvalue weighted by atomic mass is 32.2. The van der Waals surface area contributed by atoms with Crippen molar-refractivity contribution in [2.75, 3.05) is 12.0 Å². The van der Waals surface area contributed by atoms with Crippen molar-refractivity contribution in [3.63, 3.8) is 0 Å². The Morgan fingerprint density at radius 1 is 0.829 bits per heavy atom. The van der Waals surface area contributed by atoms with E-state index in [1.165, 1.54) is 0 Å². The minimum Gasteiger partial charge on any atom is -0.447 e. The van der Waals surface area contributed by atoms with Crippen molar-refractivity contribution in [1.82, 2.24) is 5.32 Å². The topological polar surface area (TPSA) is 72.5 Å². The van der Waals surface area contributed by atoms with Crippen LogP contribution in [0, 0.1) is 20.8 Å². The first kappa shape index (κ1) is 26.2. The Labute approximate surface area is 211 Å². The highest BCUT2D eigenvalue weighted by Gasteiger charge is 2.30. The Morgan fingerprint density at radius 3 is 2.06 bits per heavy atom. The molecular formula is C29H31NO4S. The van der Waals surface area contributed by atoms with Gasteiger partial charge in [-0.1, -0.05) is 77.4 Å². The predicted molar refractivity (Wildman–Crippen MR) is 141 cm³/mol. The average molecular weight is 490 g/mol. The molecule has 0 heterocycles. The quantitative estimate of drug-likeness (QED) is 0.295. The van der Waals surface area contributed by atoms with Gasteiger partial charge in [0, 0.05) is 16.7 Å². The molecule has 1 amide bonds. The Bertz CT molecular complexity index is 1170. The molecular weight excluding hydrogens is 458 g/mol. The lowest BCUT2D eigenvalue weighted by atomic mass is 9.98. The number of benzene rings is 3. The highest BCUT2D eigenvalue weighted by molar-refractivity contribution is 7.98. The van der Waals surface area contributed by atoms with Crippen LogP contribution < -0.4 is 5.32 Å². The van der Waals surface area contributed by atoms with Crippen molar-refractivity contribution >= 4 is 29.4 Å². The minimum absolute atomic E-state index is 0.309. The molecule has 0 saturated heterocycles. The normalized spacial score (nSPS) is 12.5. The Balaban J connectivity index is 1.86. The predicted octanol–water partition coefficient (Wildman–Crippen LogP) is 5.63. The minimum atomic E-state index is -1.11. The molecule has 5 nitrogen and oxygen atoms in total. The number of carbonyl (C=O) groups is 3. The van der Waals surface area contributed by atoms with Crippen LogP contribution in [0.3, 0.4) is 0 Å². The van der Waals surface area contributed by atoms with Gasteiger partial charge >= 0.3 is 5.97 Å². The molecule has 1 N–H and O–H groups in total. The third-order valence-corrected chi connectivity index (χ3v) is 6.31. The summed E-state index contributed by atoms with van der Waals surface area (Å²) < 4.78 is 5.83. The van der Waals surface area contributed by atoms with E-state index in [1.54, 1.807) is 54.2 Å². The van der Waals surface area contributed by atoms with Crippen LogP contribution in [0.5, 0.6) is 0 Å². The van der Waals surface area contributed by atoms with Gasteiger partial charge in [0.1, 0.15) is 6.04 Å². The van der Waals surface area contributed by atoms with Gasteiger partial charge in [-0.2, -0.15) is 11.8 Å². The lowest BCUT2D eigenvalue weighted by molar-refractivity contribution is -0.149. The largest absolute Gasteiger partial charge is 0.447 e. The molecule has 35 heavy (non-hydrogen) atoms. The van der Waals surface area contributed by atoms with Gasteiger partial charge in [-0.25, -0.2) is 4.79 Å². The van der Waals surface area contributed by atoms with Crippen LogP contribution in [0.4, 0.5) is 0 Å². The van der Waals surface area contributed by atoms with Gasteiger partial charge < -0.3 is 10.1 Å². The second kappa shape index (κ2) is 12.4. The van der Waals surface area contributed by atoms with Crippen LogP contribution in [0.2, 0.25) is 0 Å². The summed E-state index contributed by atoms with van der Waals surface area (Å²) in [6.07, 6.45) is 1.20. The fraction of sp³-hybridized carbons (Fsp3) is 0.276. The second-order valence-corrected chi connectivity index (χ2v) is 9.62. The van der Waals surface area contributed by atoms with Gasteiger partial charge in [0.2, 0.25) is 5.78 Å². The van der Waals surface area contributed by atoms with Gasteiger partial charge in [-0.15, -0.1) is 0 Å². The molecule has 0 aliphatic carbocycles. The van der Waals surface area contributed by atoms with E-state index in [4.69, 9.17) is 4.74 Å². The average Bonchev–Trinajstić information content (AvgIpc) is 2.85. The molecule has 3 aromatic carbocycles. The monoisotopic (exact) mass is 489 g/mol. The van der Waals surface area contributed by atoms with Crippen molar-refractivity contribution in [2.45, 2.75) is 39.3 Å². The van der Waals surface area contributed by atoms with E-state index in [-0.39, 0.29) is 11.7 Å². The van der Waals surface area contributed by atoms with Crippen molar-refractivity contribution in [2.24, 2.45) is 0 Å². The van der Waals surface area contributed by atoms with Gasteiger partial charge in [-0.05, 0) is 51.3 Å². The third-order valence-electron chi connectivity index (χ3n) is 5.67. The molecule has 3 aromatic rings. The summed E-state index contributed by atoms with van der Waals surface area (Å²) in [7, 11) is 0. The Hall–Kier alpha value is -3.38. The van der Waals surface area contributed by atoms with Crippen LogP contribution >= 0.6 is 11.8 Å². The number of amides is 1. The van der Waals surface area contributed by atoms with E-state index < -0.39 is 18.1 Å². The number of thioether (sulfide) groups is 1. The highest BCUT2D eigenvalue weighted by Crippen LogP contribution is 2.25. The summed E-state index contributed by atoms with van der Waals surface area (Å²) in [6, 6.07) is 20.8. The number of carbonyl (C=O) groups excluding carboxylic acids is 3. The van der Waals surface area contributed by atoms with Crippen LogP contribution in [0.15, 0.2) is 72.8 Å². The van der Waals surface area contributed by atoms with Gasteiger partial charge in [0.15, 0.2) is 6.10 Å². The number of Topliss-reactive ketones (excluding diaryl/α,β-unsaturated/α-hetero) is 1. The Kier molecular flexibility index (Phi) is 9.26. The first-order valence-electron chi connectivity index (χ1n) is 11.5. The summed E-state index contributed by atoms with van der Waals surface area (Å²) >= 11 is 1.57. The first-order chi connectivity index (χ1) is 16.8. The summed E-state index contributed by atoms with van der Waals surface area (Å²) in [5, 5.41) is 2.81. The maximum Gasteiger partial charge on any atom is 0.329 e. The fourth-order valence-electron chi connectivity index (χ4n) is 3.59. The van der Waals surface area contributed by atoms with Gasteiger partial charge in [0.05, 0.1) is 0 Å². The van der Waals surface area contributed by atoms with Crippen LogP contribution in [-0.4, -0.2) is 35.7 Å². The molecule has 0 aliphatic rings. The molecule has 0 aliphatic heterocycles. The zero-order valence-corrected chi connectivity index (χ0v) is 21.4. The molecule has 3 rings (SSSR count). The van der Waals surface area contributed by atoms with Crippen LogP contribution in [0.25, 0.3) is 0 Å². The van der Waals surface area contributed by atoms with Crippen molar-refractivity contribution in [3.8, 4) is 0 Å². The van der Waals surface area contributed by atoms with Gasteiger partial charge in [-0.3, -0.25) is 9.59 Å². The zero-order chi connectivity index (χ0) is 25.4. The molecule has 0 spiro atoms. The smallest absolute Gasteiger partial charge is 0.329 e. The molecule has 2 atom stereocenters. The van der Waals surface area contributed by atoms with E-state index in [2.05, 4.69) is 5.32 Å². The van der Waals surface area contributed by atoms with E-state index in [0.29, 0.717) is 28.9 Å². The molecule has 6 heteroatoms. The second-order valence-electron chi connectivity index (χ2n) is 8.63. The number of esters is 1. The first-order valence-corrected chi connectivity index (χ1v) is 12.9. The maximum atomic E-state index is 13.4. The lowest BCUT2D eigenvalue weighted by Crippen LogP contribution is -2.43. The number of rotatable bonds is 10. The zero-order valence-electron chi connectivity index (χ0n) is 20.5. The van der Waals surface area contributed by atoms with Gasteiger partial charge in [0.25, 0.3) is 5.91 Å². The van der Waals surface area contributed by atoms with E-state index in [9.17, 15) is 14.4 Å². The summed E-state index contributed by atoms with van der Waals surface area (Å²) in [5.41, 5.74) is 4.52. The third kappa shape index (κ3) is 7.30.